The number of pyridine rings is 1. The van der Waals surface area contributed by atoms with E-state index in [2.05, 4.69) is 19.7 Å². The van der Waals surface area contributed by atoms with E-state index < -0.39 is 4.92 Å². The molecular weight excluding hydrogens is 338 g/mol. The van der Waals surface area contributed by atoms with Crippen LogP contribution < -0.4 is 4.90 Å². The second-order valence-electron chi connectivity index (χ2n) is 6.78. The monoisotopic (exact) mass is 363 g/mol. The van der Waals surface area contributed by atoms with Gasteiger partial charge in [0.1, 0.15) is 12.0 Å². The van der Waals surface area contributed by atoms with Crippen LogP contribution in [0.15, 0.2) is 18.3 Å². The average Bonchev–Trinajstić information content (AvgIpc) is 2.59. The molecule has 2 saturated heterocycles. The summed E-state index contributed by atoms with van der Waals surface area (Å²) in [7, 11) is 0. The molecule has 0 spiro atoms. The number of ether oxygens (including phenoxy) is 1. The van der Waals surface area contributed by atoms with Crippen molar-refractivity contribution in [2.75, 3.05) is 63.9 Å². The van der Waals surface area contributed by atoms with Gasteiger partial charge in [-0.25, -0.2) is 4.98 Å². The van der Waals surface area contributed by atoms with E-state index in [9.17, 15) is 14.9 Å². The average molecular weight is 363 g/mol. The summed E-state index contributed by atoms with van der Waals surface area (Å²) in [5.41, 5.74) is 0.0199. The molecule has 0 saturated carbocycles. The zero-order chi connectivity index (χ0) is 18.5. The van der Waals surface area contributed by atoms with E-state index in [1.807, 2.05) is 6.92 Å². The van der Waals surface area contributed by atoms with Crippen molar-refractivity contribution in [3.05, 3.63) is 28.4 Å². The Morgan fingerprint density at radius 1 is 1.27 bits per heavy atom. The van der Waals surface area contributed by atoms with Crippen molar-refractivity contribution in [2.45, 2.75) is 6.92 Å². The third-order valence-corrected chi connectivity index (χ3v) is 4.86. The maximum atomic E-state index is 11.5. The molecule has 1 aromatic rings. The van der Waals surface area contributed by atoms with Crippen molar-refractivity contribution in [3.8, 4) is 0 Å². The van der Waals surface area contributed by atoms with Crippen LogP contribution >= 0.6 is 0 Å². The number of anilines is 1. The fourth-order valence-corrected chi connectivity index (χ4v) is 3.43. The molecule has 26 heavy (non-hydrogen) atoms. The van der Waals surface area contributed by atoms with Crippen molar-refractivity contribution in [2.24, 2.45) is 5.92 Å². The minimum atomic E-state index is -0.433. The summed E-state index contributed by atoms with van der Waals surface area (Å²) < 4.78 is 4.99. The molecule has 3 rings (SSSR count). The zero-order valence-electron chi connectivity index (χ0n) is 15.0. The molecule has 1 aromatic heterocycles. The van der Waals surface area contributed by atoms with Crippen LogP contribution in [0.2, 0.25) is 0 Å². The molecule has 0 unspecified atom stereocenters. The molecule has 2 aliphatic rings. The van der Waals surface area contributed by atoms with Gasteiger partial charge in [-0.05, 0) is 13.0 Å². The lowest BCUT2D eigenvalue weighted by Crippen LogP contribution is -2.55. The lowest BCUT2D eigenvalue weighted by molar-refractivity contribution is -0.385. The van der Waals surface area contributed by atoms with E-state index in [-0.39, 0.29) is 11.7 Å². The number of piperazine rings is 1. The van der Waals surface area contributed by atoms with Gasteiger partial charge in [0, 0.05) is 57.8 Å². The number of nitrogens with zero attached hydrogens (tertiary/aromatic N) is 5. The van der Waals surface area contributed by atoms with Crippen LogP contribution in [0.25, 0.3) is 0 Å². The van der Waals surface area contributed by atoms with Gasteiger partial charge in [0.25, 0.3) is 5.69 Å². The lowest BCUT2D eigenvalue weighted by Gasteiger charge is -2.44. The van der Waals surface area contributed by atoms with Crippen molar-refractivity contribution < 1.29 is 14.5 Å². The minimum Gasteiger partial charge on any atom is -0.465 e. The van der Waals surface area contributed by atoms with Crippen molar-refractivity contribution in [3.63, 3.8) is 0 Å². The molecule has 3 heterocycles. The second kappa shape index (κ2) is 8.41. The molecule has 2 fully saturated rings. The van der Waals surface area contributed by atoms with Gasteiger partial charge >= 0.3 is 5.97 Å². The lowest BCUT2D eigenvalue weighted by atomic mass is 9.99. The summed E-state index contributed by atoms with van der Waals surface area (Å²) >= 11 is 0. The zero-order valence-corrected chi connectivity index (χ0v) is 15.0. The molecule has 0 aliphatic carbocycles. The number of esters is 1. The smallest absolute Gasteiger partial charge is 0.320 e. The summed E-state index contributed by atoms with van der Waals surface area (Å²) in [6.45, 7) is 9.23. The van der Waals surface area contributed by atoms with Crippen molar-refractivity contribution in [1.29, 1.82) is 0 Å². The van der Waals surface area contributed by atoms with Gasteiger partial charge in [-0.1, -0.05) is 0 Å². The standard InChI is InChI=1S/C17H25N5O4/c1-2-26-17(23)13-20-7-5-19(6-8-20)10-14-11-21(12-14)16-4-3-15(9-18-16)22(24)25/h3-4,9,14H,2,5-8,10-13H2,1H3. The molecule has 0 N–H and O–H groups in total. The van der Waals surface area contributed by atoms with E-state index >= 15 is 0 Å². The predicted molar refractivity (Wildman–Crippen MR) is 96.1 cm³/mol. The number of carbonyl (C=O) groups is 1. The third-order valence-electron chi connectivity index (χ3n) is 4.86. The van der Waals surface area contributed by atoms with E-state index in [1.165, 1.54) is 12.3 Å². The van der Waals surface area contributed by atoms with Gasteiger partial charge in [0.05, 0.1) is 18.1 Å². The molecular formula is C17H25N5O4. The topological polar surface area (TPSA) is 92.0 Å². The van der Waals surface area contributed by atoms with Crippen LogP contribution in [0.5, 0.6) is 0 Å². The van der Waals surface area contributed by atoms with Crippen molar-refractivity contribution >= 4 is 17.5 Å². The normalized spacial score (nSPS) is 19.2. The van der Waals surface area contributed by atoms with Crippen LogP contribution in [0.1, 0.15) is 6.92 Å². The Morgan fingerprint density at radius 2 is 1.96 bits per heavy atom. The molecule has 0 amide bonds. The first kappa shape index (κ1) is 18.5. The number of carbonyl (C=O) groups excluding carboxylic acids is 1. The Balaban J connectivity index is 1.36. The largest absolute Gasteiger partial charge is 0.465 e. The molecule has 142 valence electrons. The van der Waals surface area contributed by atoms with Crippen LogP contribution in [-0.2, 0) is 9.53 Å². The SMILES string of the molecule is CCOC(=O)CN1CCN(CC2CN(c3ccc([N+](=O)[O-])cn3)C2)CC1. The number of aromatic nitrogens is 1. The maximum Gasteiger partial charge on any atom is 0.320 e. The number of nitro groups is 1. The van der Waals surface area contributed by atoms with E-state index in [0.717, 1.165) is 51.6 Å². The highest BCUT2D eigenvalue weighted by atomic mass is 16.6. The quantitative estimate of drug-likeness (QED) is 0.395. The van der Waals surface area contributed by atoms with E-state index in [1.54, 1.807) is 6.07 Å². The van der Waals surface area contributed by atoms with Gasteiger partial charge < -0.3 is 14.5 Å². The van der Waals surface area contributed by atoms with Gasteiger partial charge in [-0.3, -0.25) is 19.8 Å². The molecule has 0 radical (unpaired) electrons. The summed E-state index contributed by atoms with van der Waals surface area (Å²) in [6.07, 6.45) is 1.31. The van der Waals surface area contributed by atoms with Crippen molar-refractivity contribution in [1.82, 2.24) is 14.8 Å². The highest BCUT2D eigenvalue weighted by Gasteiger charge is 2.30. The molecule has 0 bridgehead atoms. The Bertz CT molecular complexity index is 625. The first-order chi connectivity index (χ1) is 12.5. The molecule has 0 aromatic carbocycles. The number of rotatable bonds is 7. The Hall–Kier alpha value is -2.26. The predicted octanol–water partition coefficient (Wildman–Crippen LogP) is 0.607. The Kier molecular flexibility index (Phi) is 6.00. The number of hydrogen-bond donors (Lipinski definition) is 0. The highest BCUT2D eigenvalue weighted by molar-refractivity contribution is 5.71. The van der Waals surface area contributed by atoms with Crippen LogP contribution in [0, 0.1) is 16.0 Å². The maximum absolute atomic E-state index is 11.5. The fraction of sp³-hybridized carbons (Fsp3) is 0.647. The molecule has 9 heteroatoms. The van der Waals surface area contributed by atoms with Crippen LogP contribution in [-0.4, -0.2) is 84.6 Å². The van der Waals surface area contributed by atoms with Crippen LogP contribution in [0.4, 0.5) is 11.5 Å². The Labute approximate surface area is 152 Å². The first-order valence-corrected chi connectivity index (χ1v) is 9.01. The first-order valence-electron chi connectivity index (χ1n) is 9.01. The van der Waals surface area contributed by atoms with E-state index in [0.29, 0.717) is 19.1 Å². The van der Waals surface area contributed by atoms with Gasteiger partial charge in [-0.2, -0.15) is 0 Å². The fourth-order valence-electron chi connectivity index (χ4n) is 3.43. The summed E-state index contributed by atoms with van der Waals surface area (Å²) in [4.78, 5) is 32.7. The second-order valence-corrected chi connectivity index (χ2v) is 6.78. The van der Waals surface area contributed by atoms with Gasteiger partial charge in [0.15, 0.2) is 0 Å². The number of hydrogen-bond acceptors (Lipinski definition) is 8. The Morgan fingerprint density at radius 3 is 2.54 bits per heavy atom. The molecule has 2 aliphatic heterocycles. The van der Waals surface area contributed by atoms with E-state index in [4.69, 9.17) is 4.74 Å². The molecule has 0 atom stereocenters. The minimum absolute atomic E-state index is 0.0199. The highest BCUT2D eigenvalue weighted by Crippen LogP contribution is 2.25. The summed E-state index contributed by atoms with van der Waals surface area (Å²) in [5.74, 6) is 1.24. The van der Waals surface area contributed by atoms with Gasteiger partial charge in [-0.15, -0.1) is 0 Å². The summed E-state index contributed by atoms with van der Waals surface area (Å²) in [6, 6.07) is 3.21. The van der Waals surface area contributed by atoms with Crippen LogP contribution in [0.3, 0.4) is 0 Å². The summed E-state index contributed by atoms with van der Waals surface area (Å²) in [5, 5.41) is 10.7. The molecule has 9 nitrogen and oxygen atoms in total. The third kappa shape index (κ3) is 4.67. The van der Waals surface area contributed by atoms with Gasteiger partial charge in [0.2, 0.25) is 0 Å².